The average molecular weight is 380 g/mol. The van der Waals surface area contributed by atoms with Crippen LogP contribution >= 0.6 is 0 Å². The van der Waals surface area contributed by atoms with E-state index in [4.69, 9.17) is 10.7 Å². The zero-order chi connectivity index (χ0) is 19.7. The van der Waals surface area contributed by atoms with Crippen LogP contribution in [0.5, 0.6) is 0 Å². The molecule has 0 atom stereocenters. The lowest BCUT2D eigenvalue weighted by Gasteiger charge is -2.38. The predicted octanol–water partition coefficient (Wildman–Crippen LogP) is 3.96. The Bertz CT molecular complexity index is 1020. The lowest BCUT2D eigenvalue weighted by molar-refractivity contribution is -0.121. The second-order valence-electron chi connectivity index (χ2n) is 8.10. The second-order valence-corrected chi connectivity index (χ2v) is 8.10. The van der Waals surface area contributed by atoms with Gasteiger partial charge in [-0.15, -0.1) is 0 Å². The molecule has 2 aromatic heterocycles. The monoisotopic (exact) mass is 379 g/mol. The van der Waals surface area contributed by atoms with Crippen LogP contribution < -0.4 is 11.1 Å². The molecule has 1 amide bonds. The van der Waals surface area contributed by atoms with Crippen LogP contribution in [0.3, 0.4) is 0 Å². The fourth-order valence-corrected chi connectivity index (χ4v) is 4.72. The van der Waals surface area contributed by atoms with E-state index in [2.05, 4.69) is 27.9 Å². The smallest absolute Gasteiger partial charge is 0.217 e. The van der Waals surface area contributed by atoms with Gasteiger partial charge in [0.2, 0.25) is 5.91 Å². The molecule has 6 heteroatoms. The molecule has 0 saturated heterocycles. The number of hydrogen-bond donors (Lipinski definition) is 2. The van der Waals surface area contributed by atoms with Gasteiger partial charge in [0.25, 0.3) is 0 Å². The minimum Gasteiger partial charge on any atom is -0.382 e. The summed E-state index contributed by atoms with van der Waals surface area (Å²) >= 11 is 0. The molecular formula is C22H29N5O. The topological polar surface area (TPSA) is 85.8 Å². The van der Waals surface area contributed by atoms with Crippen molar-refractivity contribution in [2.45, 2.75) is 70.9 Å². The third-order valence-corrected chi connectivity index (χ3v) is 5.88. The molecule has 1 aromatic carbocycles. The van der Waals surface area contributed by atoms with Crippen molar-refractivity contribution in [2.75, 3.05) is 5.73 Å². The van der Waals surface area contributed by atoms with Gasteiger partial charge in [-0.2, -0.15) is 0 Å². The maximum atomic E-state index is 12.0. The maximum absolute atomic E-state index is 12.0. The number of carbonyl (C=O) groups is 1. The van der Waals surface area contributed by atoms with Crippen LogP contribution in [0.15, 0.2) is 24.3 Å². The molecule has 3 N–H and O–H groups in total. The molecule has 28 heavy (non-hydrogen) atoms. The first-order chi connectivity index (χ1) is 13.5. The highest BCUT2D eigenvalue weighted by molar-refractivity contribution is 6.06. The van der Waals surface area contributed by atoms with Gasteiger partial charge < -0.3 is 15.6 Å². The number of imidazole rings is 1. The van der Waals surface area contributed by atoms with Crippen molar-refractivity contribution in [1.82, 2.24) is 19.9 Å². The number of para-hydroxylation sites is 1. The van der Waals surface area contributed by atoms with Crippen molar-refractivity contribution in [3.05, 3.63) is 30.1 Å². The number of nitrogens with zero attached hydrogens (tertiary/aromatic N) is 3. The number of pyridine rings is 1. The van der Waals surface area contributed by atoms with E-state index in [1.165, 1.54) is 6.42 Å². The standard InChI is InChI=1S/C22H29N5O/c1-3-9-18-25-19-20(16-10-5-6-11-17(16)24-21(19)23)27(18)14-22(26-15(2)28)12-7-4-8-13-22/h5-6,10-11H,3-4,7-9,12-14H2,1-2H3,(H2,23,24)(H,26,28). The van der Waals surface area contributed by atoms with Crippen molar-refractivity contribution in [1.29, 1.82) is 0 Å². The number of aromatic nitrogens is 3. The number of benzene rings is 1. The number of nitrogen functional groups attached to an aromatic ring is 1. The summed E-state index contributed by atoms with van der Waals surface area (Å²) in [5, 5.41) is 4.36. The van der Waals surface area contributed by atoms with E-state index >= 15 is 0 Å². The largest absolute Gasteiger partial charge is 0.382 e. The van der Waals surface area contributed by atoms with E-state index in [0.29, 0.717) is 5.82 Å². The summed E-state index contributed by atoms with van der Waals surface area (Å²) in [4.78, 5) is 21.5. The molecule has 0 radical (unpaired) electrons. The first-order valence-corrected chi connectivity index (χ1v) is 10.3. The Hall–Kier alpha value is -2.63. The third kappa shape index (κ3) is 3.32. The quantitative estimate of drug-likeness (QED) is 0.703. The fourth-order valence-electron chi connectivity index (χ4n) is 4.72. The molecule has 0 unspecified atom stereocenters. The predicted molar refractivity (Wildman–Crippen MR) is 113 cm³/mol. The van der Waals surface area contributed by atoms with Crippen LogP contribution in [0, 0.1) is 0 Å². The Morgan fingerprint density at radius 2 is 1.96 bits per heavy atom. The highest BCUT2D eigenvalue weighted by Gasteiger charge is 2.34. The molecule has 1 aliphatic carbocycles. The first kappa shape index (κ1) is 18.7. The molecule has 2 heterocycles. The second kappa shape index (κ2) is 7.41. The van der Waals surface area contributed by atoms with E-state index in [-0.39, 0.29) is 11.4 Å². The molecule has 0 spiro atoms. The van der Waals surface area contributed by atoms with Gasteiger partial charge in [-0.25, -0.2) is 9.97 Å². The Morgan fingerprint density at radius 3 is 2.68 bits per heavy atom. The van der Waals surface area contributed by atoms with Crippen LogP contribution in [0.25, 0.3) is 21.9 Å². The summed E-state index contributed by atoms with van der Waals surface area (Å²) in [5.74, 6) is 1.54. The number of rotatable bonds is 5. The summed E-state index contributed by atoms with van der Waals surface area (Å²) in [5.41, 5.74) is 8.77. The van der Waals surface area contributed by atoms with E-state index in [1.54, 1.807) is 6.92 Å². The average Bonchev–Trinajstić information content (AvgIpc) is 3.01. The molecule has 0 bridgehead atoms. The van der Waals surface area contributed by atoms with Gasteiger partial charge in [0, 0.05) is 25.3 Å². The van der Waals surface area contributed by atoms with Gasteiger partial charge >= 0.3 is 0 Å². The molecule has 1 fully saturated rings. The van der Waals surface area contributed by atoms with Crippen LogP contribution in [0.2, 0.25) is 0 Å². The Balaban J connectivity index is 1.93. The SMILES string of the molecule is CCCc1nc2c(N)nc3ccccc3c2n1CC1(NC(C)=O)CCCCC1. The number of amides is 1. The number of anilines is 1. The molecule has 1 saturated carbocycles. The Kier molecular flexibility index (Phi) is 4.96. The lowest BCUT2D eigenvalue weighted by atomic mass is 9.81. The van der Waals surface area contributed by atoms with Gasteiger partial charge in [0.05, 0.1) is 16.6 Å². The van der Waals surface area contributed by atoms with Crippen LogP contribution in [-0.2, 0) is 17.8 Å². The number of carbonyl (C=O) groups excluding carboxylic acids is 1. The fraction of sp³-hybridized carbons (Fsp3) is 0.500. The molecule has 1 aliphatic rings. The van der Waals surface area contributed by atoms with Gasteiger partial charge in [0.15, 0.2) is 5.82 Å². The zero-order valence-electron chi connectivity index (χ0n) is 16.8. The summed E-state index contributed by atoms with van der Waals surface area (Å²) in [6.07, 6.45) is 7.38. The molecule has 4 rings (SSSR count). The lowest BCUT2D eigenvalue weighted by Crippen LogP contribution is -2.52. The summed E-state index contributed by atoms with van der Waals surface area (Å²) in [6, 6.07) is 8.09. The highest BCUT2D eigenvalue weighted by atomic mass is 16.1. The molecular weight excluding hydrogens is 350 g/mol. The van der Waals surface area contributed by atoms with Gasteiger partial charge in [-0.1, -0.05) is 44.4 Å². The van der Waals surface area contributed by atoms with Crippen molar-refractivity contribution in [3.8, 4) is 0 Å². The van der Waals surface area contributed by atoms with Crippen LogP contribution in [0.1, 0.15) is 58.2 Å². The van der Waals surface area contributed by atoms with E-state index < -0.39 is 0 Å². The van der Waals surface area contributed by atoms with Crippen molar-refractivity contribution >= 4 is 33.7 Å². The minimum absolute atomic E-state index is 0.0365. The number of hydrogen-bond acceptors (Lipinski definition) is 4. The maximum Gasteiger partial charge on any atom is 0.217 e. The molecule has 6 nitrogen and oxygen atoms in total. The van der Waals surface area contributed by atoms with Crippen LogP contribution in [0.4, 0.5) is 5.82 Å². The van der Waals surface area contributed by atoms with Crippen molar-refractivity contribution < 1.29 is 4.79 Å². The Morgan fingerprint density at radius 1 is 1.21 bits per heavy atom. The van der Waals surface area contributed by atoms with Crippen LogP contribution in [-0.4, -0.2) is 26.0 Å². The third-order valence-electron chi connectivity index (χ3n) is 5.88. The number of fused-ring (bicyclic) bond motifs is 3. The molecule has 148 valence electrons. The van der Waals surface area contributed by atoms with Gasteiger partial charge in [-0.3, -0.25) is 4.79 Å². The van der Waals surface area contributed by atoms with E-state index in [0.717, 1.165) is 72.8 Å². The normalized spacial score (nSPS) is 16.5. The minimum atomic E-state index is -0.223. The number of nitrogens with one attached hydrogen (secondary N) is 1. The molecule has 0 aliphatic heterocycles. The van der Waals surface area contributed by atoms with E-state index in [9.17, 15) is 4.79 Å². The highest BCUT2D eigenvalue weighted by Crippen LogP contribution is 2.34. The molecule has 3 aromatic rings. The summed E-state index contributed by atoms with van der Waals surface area (Å²) in [7, 11) is 0. The van der Waals surface area contributed by atoms with Gasteiger partial charge in [-0.05, 0) is 25.3 Å². The first-order valence-electron chi connectivity index (χ1n) is 10.3. The van der Waals surface area contributed by atoms with Gasteiger partial charge in [0.1, 0.15) is 11.3 Å². The number of aryl methyl sites for hydroxylation is 1. The van der Waals surface area contributed by atoms with Crippen molar-refractivity contribution in [2.24, 2.45) is 0 Å². The number of nitrogens with two attached hydrogens (primary N) is 1. The van der Waals surface area contributed by atoms with E-state index in [1.807, 2.05) is 18.2 Å². The zero-order valence-corrected chi connectivity index (χ0v) is 16.8. The van der Waals surface area contributed by atoms with Crippen molar-refractivity contribution in [3.63, 3.8) is 0 Å². The summed E-state index contributed by atoms with van der Waals surface area (Å²) < 4.78 is 2.31. The summed E-state index contributed by atoms with van der Waals surface area (Å²) in [6.45, 7) is 4.51. The Labute approximate surface area is 165 Å².